The molecule has 160 valence electrons. The normalized spacial score (nSPS) is 13.5. The van der Waals surface area contributed by atoms with Gasteiger partial charge < -0.3 is 9.72 Å². The quantitative estimate of drug-likeness (QED) is 0.524. The lowest BCUT2D eigenvalue weighted by atomic mass is 10.1. The van der Waals surface area contributed by atoms with Gasteiger partial charge in [-0.2, -0.15) is 0 Å². The van der Waals surface area contributed by atoms with E-state index in [9.17, 15) is 4.79 Å². The maximum absolute atomic E-state index is 12.8. The summed E-state index contributed by atoms with van der Waals surface area (Å²) in [6.45, 7) is 2.01. The number of fused-ring (bicyclic) bond motifs is 1. The zero-order chi connectivity index (χ0) is 21.9. The molecule has 5 rings (SSSR count). The van der Waals surface area contributed by atoms with Gasteiger partial charge in [-0.15, -0.1) is 0 Å². The first kappa shape index (κ1) is 20.0. The predicted octanol–water partition coefficient (Wildman–Crippen LogP) is 2.86. The molecule has 1 aliphatic heterocycles. The summed E-state index contributed by atoms with van der Waals surface area (Å²) in [5, 5.41) is 0. The molecule has 0 radical (unpaired) electrons. The average molecular weight is 426 g/mol. The van der Waals surface area contributed by atoms with E-state index in [1.54, 1.807) is 19.5 Å². The Balaban J connectivity index is 1.34. The molecule has 1 N–H and O–H groups in total. The summed E-state index contributed by atoms with van der Waals surface area (Å²) in [5.74, 6) is 1.33. The number of benzene rings is 1. The fraction of sp³-hybridized carbons (Fsp3) is 0.208. The van der Waals surface area contributed by atoms with Crippen molar-refractivity contribution in [1.82, 2.24) is 29.8 Å². The minimum atomic E-state index is -0.113. The molecule has 8 nitrogen and oxygen atoms in total. The van der Waals surface area contributed by atoms with Crippen molar-refractivity contribution in [2.75, 3.05) is 13.7 Å². The lowest BCUT2D eigenvalue weighted by Gasteiger charge is -2.27. The lowest BCUT2D eigenvalue weighted by Crippen LogP contribution is -2.35. The van der Waals surface area contributed by atoms with Crippen LogP contribution in [0.5, 0.6) is 5.75 Å². The summed E-state index contributed by atoms with van der Waals surface area (Å²) in [6, 6.07) is 13.9. The van der Waals surface area contributed by atoms with Crippen LogP contribution < -0.4 is 10.3 Å². The highest BCUT2D eigenvalue weighted by Crippen LogP contribution is 2.22. The molecule has 0 fully saturated rings. The van der Waals surface area contributed by atoms with E-state index >= 15 is 0 Å². The van der Waals surface area contributed by atoms with Gasteiger partial charge in [-0.3, -0.25) is 14.7 Å². The molecule has 1 aromatic carbocycles. The zero-order valence-electron chi connectivity index (χ0n) is 17.7. The number of rotatable bonds is 5. The van der Waals surface area contributed by atoms with E-state index in [-0.39, 0.29) is 5.56 Å². The van der Waals surface area contributed by atoms with Gasteiger partial charge in [0, 0.05) is 44.0 Å². The van der Waals surface area contributed by atoms with Crippen molar-refractivity contribution in [1.29, 1.82) is 0 Å². The highest BCUT2D eigenvalue weighted by Gasteiger charge is 2.22. The Kier molecular flexibility index (Phi) is 5.43. The Morgan fingerprint density at radius 1 is 1.03 bits per heavy atom. The first-order chi connectivity index (χ1) is 15.7. The molecule has 0 atom stereocenters. The van der Waals surface area contributed by atoms with E-state index < -0.39 is 0 Å². The van der Waals surface area contributed by atoms with Gasteiger partial charge in [0.05, 0.1) is 35.3 Å². The topological polar surface area (TPSA) is 96.9 Å². The molecule has 0 spiro atoms. The van der Waals surface area contributed by atoms with Crippen LogP contribution in [0, 0.1) is 0 Å². The standard InChI is InChI=1S/C24H22N6O2/c1-32-19-7-5-16(6-8-19)21-4-2-3-18(27-21)13-30-10-9-22-20(14-30)24(31)29-23(28-22)17-11-25-15-26-12-17/h2-8,11-12,15H,9-10,13-14H2,1H3,(H,28,29,31). The van der Waals surface area contributed by atoms with Crippen molar-refractivity contribution >= 4 is 0 Å². The van der Waals surface area contributed by atoms with Crippen molar-refractivity contribution < 1.29 is 4.74 Å². The number of pyridine rings is 1. The van der Waals surface area contributed by atoms with Crippen molar-refractivity contribution in [2.45, 2.75) is 19.5 Å². The number of methoxy groups -OCH3 is 1. The van der Waals surface area contributed by atoms with Crippen LogP contribution in [0.2, 0.25) is 0 Å². The molecule has 0 unspecified atom stereocenters. The van der Waals surface area contributed by atoms with Gasteiger partial charge >= 0.3 is 0 Å². The third-order valence-corrected chi connectivity index (χ3v) is 5.56. The van der Waals surface area contributed by atoms with Crippen LogP contribution in [0.15, 0.2) is 66.0 Å². The van der Waals surface area contributed by atoms with Crippen LogP contribution in [0.4, 0.5) is 0 Å². The Hall–Kier alpha value is -3.91. The third-order valence-electron chi connectivity index (χ3n) is 5.56. The summed E-state index contributed by atoms with van der Waals surface area (Å²) in [4.78, 5) is 35.4. The fourth-order valence-electron chi connectivity index (χ4n) is 3.89. The number of aromatic amines is 1. The van der Waals surface area contributed by atoms with Gasteiger partial charge in [0.1, 0.15) is 17.9 Å². The number of ether oxygens (including phenoxy) is 1. The number of aromatic nitrogens is 5. The maximum atomic E-state index is 12.8. The lowest BCUT2D eigenvalue weighted by molar-refractivity contribution is 0.239. The van der Waals surface area contributed by atoms with Crippen LogP contribution in [-0.2, 0) is 19.5 Å². The molecule has 0 amide bonds. The number of hydrogen-bond donors (Lipinski definition) is 1. The summed E-state index contributed by atoms with van der Waals surface area (Å²) in [5.41, 5.74) is 5.05. The second kappa shape index (κ2) is 8.68. The smallest absolute Gasteiger partial charge is 0.255 e. The van der Waals surface area contributed by atoms with Crippen LogP contribution in [0.3, 0.4) is 0 Å². The average Bonchev–Trinajstić information content (AvgIpc) is 2.85. The van der Waals surface area contributed by atoms with E-state index in [1.807, 2.05) is 42.5 Å². The SMILES string of the molecule is COc1ccc(-c2cccc(CN3CCc4nc(-c5cncnc5)[nH]c(=O)c4C3)n2)cc1. The van der Waals surface area contributed by atoms with Crippen LogP contribution in [0.1, 0.15) is 17.0 Å². The Morgan fingerprint density at radius 3 is 2.62 bits per heavy atom. The molecule has 3 aromatic heterocycles. The summed E-state index contributed by atoms with van der Waals surface area (Å²) in [6.07, 6.45) is 5.45. The van der Waals surface area contributed by atoms with Gasteiger partial charge in [-0.1, -0.05) is 6.07 Å². The third kappa shape index (κ3) is 4.13. The zero-order valence-corrected chi connectivity index (χ0v) is 17.7. The second-order valence-corrected chi connectivity index (χ2v) is 7.67. The highest BCUT2D eigenvalue weighted by atomic mass is 16.5. The van der Waals surface area contributed by atoms with E-state index in [4.69, 9.17) is 9.72 Å². The number of nitrogens with one attached hydrogen (secondary N) is 1. The van der Waals surface area contributed by atoms with Gasteiger partial charge in [-0.05, 0) is 36.4 Å². The maximum Gasteiger partial charge on any atom is 0.255 e. The van der Waals surface area contributed by atoms with Crippen molar-refractivity contribution in [3.05, 3.63) is 88.5 Å². The van der Waals surface area contributed by atoms with Crippen LogP contribution in [-0.4, -0.2) is 43.5 Å². The molecule has 0 bridgehead atoms. The predicted molar refractivity (Wildman–Crippen MR) is 120 cm³/mol. The van der Waals surface area contributed by atoms with Gasteiger partial charge in [-0.25, -0.2) is 15.0 Å². The van der Waals surface area contributed by atoms with E-state index in [2.05, 4.69) is 24.8 Å². The molecule has 0 aliphatic carbocycles. The van der Waals surface area contributed by atoms with Crippen molar-refractivity contribution in [3.63, 3.8) is 0 Å². The molecule has 32 heavy (non-hydrogen) atoms. The van der Waals surface area contributed by atoms with Gasteiger partial charge in [0.2, 0.25) is 0 Å². The van der Waals surface area contributed by atoms with Gasteiger partial charge in [0.15, 0.2) is 0 Å². The molecule has 4 aromatic rings. The monoisotopic (exact) mass is 426 g/mol. The minimum absolute atomic E-state index is 0.113. The second-order valence-electron chi connectivity index (χ2n) is 7.67. The molecular formula is C24H22N6O2. The molecule has 8 heteroatoms. The number of nitrogens with zero attached hydrogens (tertiary/aromatic N) is 5. The largest absolute Gasteiger partial charge is 0.497 e. The molecule has 4 heterocycles. The minimum Gasteiger partial charge on any atom is -0.497 e. The van der Waals surface area contributed by atoms with Gasteiger partial charge in [0.25, 0.3) is 5.56 Å². The molecule has 0 saturated heterocycles. The Bertz CT molecular complexity index is 1290. The van der Waals surface area contributed by atoms with E-state index in [0.717, 1.165) is 34.9 Å². The van der Waals surface area contributed by atoms with Crippen molar-refractivity contribution in [2.24, 2.45) is 0 Å². The molecule has 0 saturated carbocycles. The van der Waals surface area contributed by atoms with E-state index in [1.165, 1.54) is 6.33 Å². The van der Waals surface area contributed by atoms with Crippen LogP contribution >= 0.6 is 0 Å². The summed E-state index contributed by atoms with van der Waals surface area (Å²) >= 11 is 0. The molecular weight excluding hydrogens is 404 g/mol. The highest BCUT2D eigenvalue weighted by molar-refractivity contribution is 5.60. The Morgan fingerprint density at radius 2 is 1.84 bits per heavy atom. The summed E-state index contributed by atoms with van der Waals surface area (Å²) < 4.78 is 5.23. The first-order valence-electron chi connectivity index (χ1n) is 10.4. The van der Waals surface area contributed by atoms with Crippen LogP contribution in [0.25, 0.3) is 22.6 Å². The number of H-pyrrole nitrogens is 1. The number of hydrogen-bond acceptors (Lipinski definition) is 7. The summed E-state index contributed by atoms with van der Waals surface area (Å²) in [7, 11) is 1.65. The Labute approximate surface area is 185 Å². The first-order valence-corrected chi connectivity index (χ1v) is 10.4. The van der Waals surface area contributed by atoms with E-state index in [0.29, 0.717) is 36.5 Å². The fourth-order valence-corrected chi connectivity index (χ4v) is 3.89. The van der Waals surface area contributed by atoms with Crippen molar-refractivity contribution in [3.8, 4) is 28.4 Å². The molecule has 1 aliphatic rings.